The van der Waals surface area contributed by atoms with Gasteiger partial charge in [0.25, 0.3) is 5.69 Å². The number of nitrogens with one attached hydrogen (secondary N) is 1. The SMILES string of the molecule is CCC(=O)Oc1ccc(NC(=O)Oc2ccc([N+](=O)[O-])cc2)cc1. The lowest BCUT2D eigenvalue weighted by Crippen LogP contribution is -2.16. The molecule has 0 aliphatic heterocycles. The minimum Gasteiger partial charge on any atom is -0.427 e. The van der Waals surface area contributed by atoms with E-state index < -0.39 is 11.0 Å². The summed E-state index contributed by atoms with van der Waals surface area (Å²) in [4.78, 5) is 32.9. The largest absolute Gasteiger partial charge is 0.427 e. The Morgan fingerprint density at radius 2 is 1.54 bits per heavy atom. The second-order valence-corrected chi connectivity index (χ2v) is 4.62. The summed E-state index contributed by atoms with van der Waals surface area (Å²) in [6.07, 6.45) is -0.483. The predicted molar refractivity (Wildman–Crippen MR) is 85.1 cm³/mol. The number of carbonyl (C=O) groups is 2. The molecule has 8 heteroatoms. The van der Waals surface area contributed by atoms with Crippen molar-refractivity contribution in [3.05, 3.63) is 58.6 Å². The maximum absolute atomic E-state index is 11.8. The number of hydrogen-bond acceptors (Lipinski definition) is 6. The Labute approximate surface area is 137 Å². The fourth-order valence-corrected chi connectivity index (χ4v) is 1.70. The zero-order chi connectivity index (χ0) is 17.5. The van der Waals surface area contributed by atoms with E-state index in [1.165, 1.54) is 36.4 Å². The quantitative estimate of drug-likeness (QED) is 0.389. The molecule has 0 spiro atoms. The van der Waals surface area contributed by atoms with Gasteiger partial charge in [-0.2, -0.15) is 0 Å². The van der Waals surface area contributed by atoms with E-state index in [4.69, 9.17) is 9.47 Å². The van der Waals surface area contributed by atoms with E-state index >= 15 is 0 Å². The molecule has 0 fully saturated rings. The Balaban J connectivity index is 1.92. The van der Waals surface area contributed by atoms with Crippen molar-refractivity contribution < 1.29 is 24.0 Å². The van der Waals surface area contributed by atoms with Crippen molar-refractivity contribution in [2.45, 2.75) is 13.3 Å². The first-order chi connectivity index (χ1) is 11.5. The third-order valence-electron chi connectivity index (χ3n) is 2.88. The molecule has 0 saturated carbocycles. The van der Waals surface area contributed by atoms with Crippen LogP contribution in [0.3, 0.4) is 0 Å². The van der Waals surface area contributed by atoms with Crippen LogP contribution in [-0.2, 0) is 4.79 Å². The van der Waals surface area contributed by atoms with Crippen molar-refractivity contribution in [1.82, 2.24) is 0 Å². The summed E-state index contributed by atoms with van der Waals surface area (Å²) in [5.74, 6) is 0.191. The summed E-state index contributed by atoms with van der Waals surface area (Å²) in [6, 6.07) is 11.3. The maximum atomic E-state index is 11.8. The van der Waals surface area contributed by atoms with Gasteiger partial charge in [0.05, 0.1) is 4.92 Å². The molecule has 0 aliphatic rings. The molecule has 0 atom stereocenters. The highest BCUT2D eigenvalue weighted by atomic mass is 16.6. The van der Waals surface area contributed by atoms with E-state index in [1.807, 2.05) is 0 Å². The summed E-state index contributed by atoms with van der Waals surface area (Å²) in [6.45, 7) is 1.69. The van der Waals surface area contributed by atoms with Gasteiger partial charge in [0.1, 0.15) is 11.5 Å². The van der Waals surface area contributed by atoms with Crippen LogP contribution in [0.1, 0.15) is 13.3 Å². The topological polar surface area (TPSA) is 108 Å². The van der Waals surface area contributed by atoms with E-state index in [2.05, 4.69) is 5.32 Å². The average molecular weight is 330 g/mol. The molecule has 0 saturated heterocycles. The van der Waals surface area contributed by atoms with Gasteiger partial charge >= 0.3 is 12.1 Å². The number of benzene rings is 2. The first-order valence-electron chi connectivity index (χ1n) is 7.02. The van der Waals surface area contributed by atoms with Crippen molar-refractivity contribution in [3.63, 3.8) is 0 Å². The number of carbonyl (C=O) groups excluding carboxylic acids is 2. The second-order valence-electron chi connectivity index (χ2n) is 4.62. The van der Waals surface area contributed by atoms with Gasteiger partial charge in [0, 0.05) is 24.2 Å². The van der Waals surface area contributed by atoms with Crippen molar-refractivity contribution >= 4 is 23.4 Å². The molecule has 0 bridgehead atoms. The monoisotopic (exact) mass is 330 g/mol. The molecule has 1 N–H and O–H groups in total. The van der Waals surface area contributed by atoms with Crippen LogP contribution in [0.5, 0.6) is 11.5 Å². The lowest BCUT2D eigenvalue weighted by atomic mass is 10.3. The van der Waals surface area contributed by atoms with Crippen LogP contribution in [0.15, 0.2) is 48.5 Å². The van der Waals surface area contributed by atoms with E-state index in [1.54, 1.807) is 19.1 Å². The minimum absolute atomic E-state index is 0.0972. The molecule has 0 radical (unpaired) electrons. The van der Waals surface area contributed by atoms with Crippen molar-refractivity contribution in [1.29, 1.82) is 0 Å². The summed E-state index contributed by atoms with van der Waals surface area (Å²) < 4.78 is 10.0. The summed E-state index contributed by atoms with van der Waals surface area (Å²) in [5, 5.41) is 13.0. The Morgan fingerprint density at radius 1 is 1.00 bits per heavy atom. The lowest BCUT2D eigenvalue weighted by Gasteiger charge is -2.07. The van der Waals surface area contributed by atoms with Gasteiger partial charge in [-0.05, 0) is 36.4 Å². The van der Waals surface area contributed by atoms with Crippen LogP contribution >= 0.6 is 0 Å². The van der Waals surface area contributed by atoms with Gasteiger partial charge in [-0.3, -0.25) is 20.2 Å². The van der Waals surface area contributed by atoms with E-state index in [0.29, 0.717) is 11.4 Å². The maximum Gasteiger partial charge on any atom is 0.417 e. The number of nitro benzene ring substituents is 1. The van der Waals surface area contributed by atoms with Crippen LogP contribution in [-0.4, -0.2) is 17.0 Å². The summed E-state index contributed by atoms with van der Waals surface area (Å²) >= 11 is 0. The number of hydrogen-bond donors (Lipinski definition) is 1. The molecule has 24 heavy (non-hydrogen) atoms. The summed E-state index contributed by atoms with van der Waals surface area (Å²) in [7, 11) is 0. The van der Waals surface area contributed by atoms with Crippen molar-refractivity contribution in [3.8, 4) is 11.5 Å². The van der Waals surface area contributed by atoms with E-state index in [9.17, 15) is 19.7 Å². The van der Waals surface area contributed by atoms with Crippen LogP contribution in [0.2, 0.25) is 0 Å². The molecular formula is C16H14N2O6. The molecule has 2 aromatic carbocycles. The minimum atomic E-state index is -0.748. The van der Waals surface area contributed by atoms with Crippen LogP contribution in [0.25, 0.3) is 0 Å². The smallest absolute Gasteiger partial charge is 0.417 e. The Kier molecular flexibility index (Phi) is 5.45. The molecule has 2 aromatic rings. The van der Waals surface area contributed by atoms with E-state index in [0.717, 1.165) is 0 Å². The third-order valence-corrected chi connectivity index (χ3v) is 2.88. The van der Waals surface area contributed by atoms with Gasteiger partial charge in [-0.25, -0.2) is 4.79 Å². The molecule has 8 nitrogen and oxygen atoms in total. The van der Waals surface area contributed by atoms with E-state index in [-0.39, 0.29) is 23.8 Å². The van der Waals surface area contributed by atoms with Crippen LogP contribution in [0, 0.1) is 10.1 Å². The molecule has 1 amide bonds. The average Bonchev–Trinajstić information content (AvgIpc) is 2.57. The Morgan fingerprint density at radius 3 is 2.08 bits per heavy atom. The highest BCUT2D eigenvalue weighted by molar-refractivity contribution is 5.86. The number of nitrogens with zero attached hydrogens (tertiary/aromatic N) is 1. The number of amides is 1. The molecule has 0 aromatic heterocycles. The molecule has 2 rings (SSSR count). The Bertz CT molecular complexity index is 740. The molecule has 0 aliphatic carbocycles. The fourth-order valence-electron chi connectivity index (χ4n) is 1.70. The standard InChI is InChI=1S/C16H14N2O6/c1-2-15(19)23-13-7-3-11(4-8-13)17-16(20)24-14-9-5-12(6-10-14)18(21)22/h3-10H,2H2,1H3,(H,17,20). The molecule has 0 unspecified atom stereocenters. The highest BCUT2D eigenvalue weighted by Gasteiger charge is 2.09. The van der Waals surface area contributed by atoms with Crippen LogP contribution in [0.4, 0.5) is 16.2 Å². The number of esters is 1. The molecule has 124 valence electrons. The zero-order valence-corrected chi connectivity index (χ0v) is 12.7. The van der Waals surface area contributed by atoms with Gasteiger partial charge < -0.3 is 9.47 Å². The number of non-ortho nitro benzene ring substituents is 1. The van der Waals surface area contributed by atoms with Gasteiger partial charge in [0.2, 0.25) is 0 Å². The zero-order valence-electron chi connectivity index (χ0n) is 12.7. The van der Waals surface area contributed by atoms with Gasteiger partial charge in [-0.15, -0.1) is 0 Å². The van der Waals surface area contributed by atoms with Crippen molar-refractivity contribution in [2.75, 3.05) is 5.32 Å². The van der Waals surface area contributed by atoms with Gasteiger partial charge in [0.15, 0.2) is 0 Å². The number of rotatable bonds is 5. The van der Waals surface area contributed by atoms with Crippen LogP contribution < -0.4 is 14.8 Å². The number of ether oxygens (including phenoxy) is 2. The number of anilines is 1. The molecule has 0 heterocycles. The Hall–Kier alpha value is -3.42. The fraction of sp³-hybridized carbons (Fsp3) is 0.125. The second kappa shape index (κ2) is 7.73. The first-order valence-corrected chi connectivity index (χ1v) is 7.02. The molecular weight excluding hydrogens is 316 g/mol. The first kappa shape index (κ1) is 16.9. The third kappa shape index (κ3) is 4.80. The van der Waals surface area contributed by atoms with Crippen molar-refractivity contribution in [2.24, 2.45) is 0 Å². The van der Waals surface area contributed by atoms with Gasteiger partial charge in [-0.1, -0.05) is 6.92 Å². The highest BCUT2D eigenvalue weighted by Crippen LogP contribution is 2.19. The lowest BCUT2D eigenvalue weighted by molar-refractivity contribution is -0.384. The predicted octanol–water partition coefficient (Wildman–Crippen LogP) is 3.52. The summed E-state index contributed by atoms with van der Waals surface area (Å²) in [5.41, 5.74) is 0.346. The number of nitro groups is 1. The normalized spacial score (nSPS) is 9.88.